The monoisotopic (exact) mass is 262 g/mol. The van der Waals surface area contributed by atoms with Crippen molar-refractivity contribution in [3.8, 4) is 0 Å². The molecule has 1 aromatic carbocycles. The molecule has 0 aliphatic carbocycles. The number of anilines is 1. The van der Waals surface area contributed by atoms with Gasteiger partial charge in [-0.1, -0.05) is 19.1 Å². The van der Waals surface area contributed by atoms with Crippen molar-refractivity contribution in [3.05, 3.63) is 29.8 Å². The van der Waals surface area contributed by atoms with Gasteiger partial charge in [0.15, 0.2) is 0 Å². The predicted molar refractivity (Wildman–Crippen MR) is 80.7 cm³/mol. The fraction of sp³-hybridized carbons (Fsp3) is 0.625. The summed E-state index contributed by atoms with van der Waals surface area (Å²) >= 11 is 0. The van der Waals surface area contributed by atoms with E-state index >= 15 is 0 Å². The highest BCUT2D eigenvalue weighted by atomic mass is 16.5. The molecule has 2 unspecified atom stereocenters. The predicted octanol–water partition coefficient (Wildman–Crippen LogP) is 2.83. The van der Waals surface area contributed by atoms with Gasteiger partial charge >= 0.3 is 0 Å². The topological polar surface area (TPSA) is 24.5 Å². The van der Waals surface area contributed by atoms with Crippen molar-refractivity contribution in [2.24, 2.45) is 5.92 Å². The second-order valence-corrected chi connectivity index (χ2v) is 5.54. The minimum Gasteiger partial charge on any atom is -0.381 e. The minimum absolute atomic E-state index is 0.419. The van der Waals surface area contributed by atoms with Crippen molar-refractivity contribution in [2.75, 3.05) is 38.8 Å². The van der Waals surface area contributed by atoms with Crippen LogP contribution in [-0.2, 0) is 4.74 Å². The van der Waals surface area contributed by atoms with Crippen LogP contribution in [0.1, 0.15) is 31.4 Å². The molecule has 106 valence electrons. The second kappa shape index (κ2) is 6.92. The van der Waals surface area contributed by atoms with E-state index in [1.807, 2.05) is 0 Å². The molecule has 19 heavy (non-hydrogen) atoms. The summed E-state index contributed by atoms with van der Waals surface area (Å²) in [7, 11) is 4.18. The maximum Gasteiger partial charge on any atom is 0.0513 e. The first-order chi connectivity index (χ1) is 9.22. The van der Waals surface area contributed by atoms with E-state index in [0.29, 0.717) is 12.0 Å². The normalized spacial score (nSPS) is 20.5. The minimum atomic E-state index is 0.419. The number of benzene rings is 1. The summed E-state index contributed by atoms with van der Waals surface area (Å²) in [6.45, 7) is 5.06. The van der Waals surface area contributed by atoms with E-state index in [2.05, 4.69) is 55.5 Å². The van der Waals surface area contributed by atoms with Gasteiger partial charge in [-0.2, -0.15) is 0 Å². The summed E-state index contributed by atoms with van der Waals surface area (Å²) in [5, 5.41) is 3.70. The molecule has 0 aromatic heterocycles. The zero-order valence-corrected chi connectivity index (χ0v) is 12.4. The Bertz CT molecular complexity index is 386. The van der Waals surface area contributed by atoms with Gasteiger partial charge in [-0.05, 0) is 37.1 Å². The maximum atomic E-state index is 5.57. The molecule has 1 aliphatic heterocycles. The van der Waals surface area contributed by atoms with E-state index in [0.717, 1.165) is 32.6 Å². The molecular weight excluding hydrogens is 236 g/mol. The van der Waals surface area contributed by atoms with Crippen LogP contribution in [0.4, 0.5) is 5.69 Å². The molecule has 0 radical (unpaired) electrons. The van der Waals surface area contributed by atoms with Crippen LogP contribution in [-0.4, -0.2) is 33.9 Å². The lowest BCUT2D eigenvalue weighted by atomic mass is 9.92. The van der Waals surface area contributed by atoms with Gasteiger partial charge in [-0.25, -0.2) is 0 Å². The van der Waals surface area contributed by atoms with E-state index in [-0.39, 0.29) is 0 Å². The zero-order chi connectivity index (χ0) is 13.7. The molecule has 3 nitrogen and oxygen atoms in total. The van der Waals surface area contributed by atoms with E-state index in [1.54, 1.807) is 0 Å². The summed E-state index contributed by atoms with van der Waals surface area (Å²) < 4.78 is 5.57. The molecule has 1 aromatic rings. The lowest BCUT2D eigenvalue weighted by molar-refractivity contribution is 0.176. The number of hydrogen-bond acceptors (Lipinski definition) is 3. The highest BCUT2D eigenvalue weighted by molar-refractivity contribution is 5.48. The lowest BCUT2D eigenvalue weighted by Crippen LogP contribution is -2.29. The molecule has 1 N–H and O–H groups in total. The van der Waals surface area contributed by atoms with E-state index in [9.17, 15) is 0 Å². The molecular formula is C16H26N2O. The lowest BCUT2D eigenvalue weighted by Gasteiger charge is -2.25. The first kappa shape index (κ1) is 14.4. The Morgan fingerprint density at radius 1 is 1.42 bits per heavy atom. The third-order valence-electron chi connectivity index (χ3n) is 3.80. The van der Waals surface area contributed by atoms with E-state index < -0.39 is 0 Å². The average molecular weight is 262 g/mol. The maximum absolute atomic E-state index is 5.57. The SMILES string of the molecule is CCCNC(c1cccc(N(C)C)c1)C1CCOC1. The van der Waals surface area contributed by atoms with Gasteiger partial charge in [0.1, 0.15) is 0 Å². The summed E-state index contributed by atoms with van der Waals surface area (Å²) in [5.41, 5.74) is 2.65. The summed E-state index contributed by atoms with van der Waals surface area (Å²) in [5.74, 6) is 0.601. The number of hydrogen-bond donors (Lipinski definition) is 1. The molecule has 0 saturated carbocycles. The standard InChI is InChI=1S/C16H26N2O/c1-4-9-17-16(14-8-10-19-12-14)13-6-5-7-15(11-13)18(2)3/h5-7,11,14,16-17H,4,8-10,12H2,1-3H3. The van der Waals surface area contributed by atoms with Gasteiger partial charge in [-0.3, -0.25) is 0 Å². The number of nitrogens with zero attached hydrogens (tertiary/aromatic N) is 1. The van der Waals surface area contributed by atoms with Crippen molar-refractivity contribution in [3.63, 3.8) is 0 Å². The summed E-state index contributed by atoms with van der Waals surface area (Å²) in [4.78, 5) is 2.16. The van der Waals surface area contributed by atoms with Crippen molar-refractivity contribution in [2.45, 2.75) is 25.8 Å². The Morgan fingerprint density at radius 2 is 2.26 bits per heavy atom. The van der Waals surface area contributed by atoms with Gasteiger partial charge in [0, 0.05) is 38.3 Å². The van der Waals surface area contributed by atoms with Crippen LogP contribution in [0.3, 0.4) is 0 Å². The number of rotatable bonds is 6. The highest BCUT2D eigenvalue weighted by Gasteiger charge is 2.26. The van der Waals surface area contributed by atoms with Gasteiger partial charge in [0.2, 0.25) is 0 Å². The molecule has 0 spiro atoms. The fourth-order valence-corrected chi connectivity index (χ4v) is 2.67. The van der Waals surface area contributed by atoms with Gasteiger partial charge in [0.05, 0.1) is 6.61 Å². The van der Waals surface area contributed by atoms with Crippen LogP contribution in [0.5, 0.6) is 0 Å². The Balaban J connectivity index is 2.18. The molecule has 2 atom stereocenters. The van der Waals surface area contributed by atoms with Crippen molar-refractivity contribution in [1.29, 1.82) is 0 Å². The van der Waals surface area contributed by atoms with Crippen LogP contribution in [0, 0.1) is 5.92 Å². The smallest absolute Gasteiger partial charge is 0.0513 e. The number of ether oxygens (including phenoxy) is 1. The number of nitrogens with one attached hydrogen (secondary N) is 1. The molecule has 1 saturated heterocycles. The fourth-order valence-electron chi connectivity index (χ4n) is 2.67. The summed E-state index contributed by atoms with van der Waals surface area (Å²) in [6.07, 6.45) is 2.32. The molecule has 1 heterocycles. The largest absolute Gasteiger partial charge is 0.381 e. The first-order valence-electron chi connectivity index (χ1n) is 7.30. The van der Waals surface area contributed by atoms with E-state index in [4.69, 9.17) is 4.74 Å². The molecule has 2 rings (SSSR count). The van der Waals surface area contributed by atoms with Gasteiger partial charge in [-0.15, -0.1) is 0 Å². The van der Waals surface area contributed by atoms with Crippen molar-refractivity contribution >= 4 is 5.69 Å². The molecule has 1 fully saturated rings. The Morgan fingerprint density at radius 3 is 2.89 bits per heavy atom. The van der Waals surface area contributed by atoms with Crippen molar-refractivity contribution in [1.82, 2.24) is 5.32 Å². The van der Waals surface area contributed by atoms with Crippen LogP contribution in [0.15, 0.2) is 24.3 Å². The first-order valence-corrected chi connectivity index (χ1v) is 7.30. The van der Waals surface area contributed by atoms with Gasteiger partial charge in [0.25, 0.3) is 0 Å². The van der Waals surface area contributed by atoms with Gasteiger partial charge < -0.3 is 15.0 Å². The average Bonchev–Trinajstić information content (AvgIpc) is 2.93. The van der Waals surface area contributed by atoms with Crippen LogP contribution in [0.2, 0.25) is 0 Å². The second-order valence-electron chi connectivity index (χ2n) is 5.54. The molecule has 1 aliphatic rings. The Kier molecular flexibility index (Phi) is 5.23. The summed E-state index contributed by atoms with van der Waals surface area (Å²) in [6, 6.07) is 9.26. The third-order valence-corrected chi connectivity index (χ3v) is 3.80. The highest BCUT2D eigenvalue weighted by Crippen LogP contribution is 2.30. The molecule has 0 bridgehead atoms. The van der Waals surface area contributed by atoms with Crippen LogP contribution in [0.25, 0.3) is 0 Å². The quantitative estimate of drug-likeness (QED) is 0.853. The molecule has 3 heteroatoms. The molecule has 0 amide bonds. The Hall–Kier alpha value is -1.06. The third kappa shape index (κ3) is 3.71. The van der Waals surface area contributed by atoms with Crippen molar-refractivity contribution < 1.29 is 4.74 Å². The Labute approximate surface area is 116 Å². The van der Waals surface area contributed by atoms with E-state index in [1.165, 1.54) is 11.3 Å². The van der Waals surface area contributed by atoms with Crippen LogP contribution >= 0.6 is 0 Å². The van der Waals surface area contributed by atoms with Crippen LogP contribution < -0.4 is 10.2 Å². The zero-order valence-electron chi connectivity index (χ0n) is 12.4.